The molecular formula is C15H22N2O3. The van der Waals surface area contributed by atoms with Crippen molar-refractivity contribution in [3.8, 4) is 0 Å². The fraction of sp³-hybridized carbons (Fsp3) is 0.533. The Morgan fingerprint density at radius 1 is 1.20 bits per heavy atom. The number of nitrogens with zero attached hydrogens (tertiary/aromatic N) is 1. The van der Waals surface area contributed by atoms with E-state index in [9.17, 15) is 4.79 Å². The zero-order valence-corrected chi connectivity index (χ0v) is 12.1. The van der Waals surface area contributed by atoms with Gasteiger partial charge in [0.05, 0.1) is 19.6 Å². The molecule has 1 aliphatic heterocycles. The van der Waals surface area contributed by atoms with Gasteiger partial charge < -0.3 is 14.8 Å². The van der Waals surface area contributed by atoms with E-state index < -0.39 is 0 Å². The van der Waals surface area contributed by atoms with Gasteiger partial charge in [0.1, 0.15) is 0 Å². The summed E-state index contributed by atoms with van der Waals surface area (Å²) < 4.78 is 10.0. The Morgan fingerprint density at radius 3 is 2.70 bits per heavy atom. The lowest BCUT2D eigenvalue weighted by molar-refractivity contribution is -0.117. The highest BCUT2D eigenvalue weighted by Crippen LogP contribution is 2.25. The van der Waals surface area contributed by atoms with Crippen LogP contribution < -0.4 is 5.32 Å². The fourth-order valence-corrected chi connectivity index (χ4v) is 2.34. The molecule has 0 radical (unpaired) electrons. The van der Waals surface area contributed by atoms with Gasteiger partial charge in [-0.05, 0) is 23.3 Å². The summed E-state index contributed by atoms with van der Waals surface area (Å²) in [5, 5.41) is 2.90. The average molecular weight is 278 g/mol. The molecule has 5 nitrogen and oxygen atoms in total. The van der Waals surface area contributed by atoms with Crippen LogP contribution in [0.5, 0.6) is 0 Å². The van der Waals surface area contributed by atoms with E-state index in [2.05, 4.69) is 22.3 Å². The minimum atomic E-state index is -0.0129. The molecule has 1 aromatic rings. The SMILES string of the molecule is COCCC(=O)Nc1ccc2c(c1)CN(CCOC)C2. The van der Waals surface area contributed by atoms with E-state index in [-0.39, 0.29) is 5.91 Å². The van der Waals surface area contributed by atoms with Crippen LogP contribution in [-0.2, 0) is 27.4 Å². The second-order valence-electron chi connectivity index (χ2n) is 4.98. The number of methoxy groups -OCH3 is 2. The number of amides is 1. The molecule has 1 aromatic carbocycles. The highest BCUT2D eigenvalue weighted by atomic mass is 16.5. The summed E-state index contributed by atoms with van der Waals surface area (Å²) in [6.07, 6.45) is 0.382. The van der Waals surface area contributed by atoms with Crippen molar-refractivity contribution in [1.82, 2.24) is 4.90 Å². The van der Waals surface area contributed by atoms with Crippen molar-refractivity contribution >= 4 is 11.6 Å². The zero-order chi connectivity index (χ0) is 14.4. The number of anilines is 1. The van der Waals surface area contributed by atoms with Gasteiger partial charge >= 0.3 is 0 Å². The first-order valence-electron chi connectivity index (χ1n) is 6.85. The van der Waals surface area contributed by atoms with Crippen LogP contribution in [-0.4, -0.2) is 44.8 Å². The topological polar surface area (TPSA) is 50.8 Å². The molecule has 0 aromatic heterocycles. The van der Waals surface area contributed by atoms with Crippen molar-refractivity contribution in [3.05, 3.63) is 29.3 Å². The lowest BCUT2D eigenvalue weighted by Crippen LogP contribution is -2.21. The van der Waals surface area contributed by atoms with Crippen LogP contribution in [0.4, 0.5) is 5.69 Å². The van der Waals surface area contributed by atoms with Crippen molar-refractivity contribution in [3.63, 3.8) is 0 Å². The monoisotopic (exact) mass is 278 g/mol. The molecule has 0 saturated heterocycles. The first-order chi connectivity index (χ1) is 9.72. The van der Waals surface area contributed by atoms with Crippen LogP contribution in [0.15, 0.2) is 18.2 Å². The summed E-state index contributed by atoms with van der Waals surface area (Å²) in [5.41, 5.74) is 3.47. The van der Waals surface area contributed by atoms with Crippen LogP contribution >= 0.6 is 0 Å². The Labute approximate surface area is 119 Å². The predicted molar refractivity (Wildman–Crippen MR) is 77.6 cm³/mol. The molecule has 2 rings (SSSR count). The van der Waals surface area contributed by atoms with Gasteiger partial charge in [0, 0.05) is 39.5 Å². The van der Waals surface area contributed by atoms with E-state index in [1.807, 2.05) is 6.07 Å². The molecule has 0 bridgehead atoms. The second-order valence-corrected chi connectivity index (χ2v) is 4.98. The lowest BCUT2D eigenvalue weighted by Gasteiger charge is -2.13. The van der Waals surface area contributed by atoms with E-state index in [0.29, 0.717) is 13.0 Å². The molecule has 1 amide bonds. The third kappa shape index (κ3) is 4.03. The normalized spacial score (nSPS) is 14.3. The first kappa shape index (κ1) is 15.0. The second kappa shape index (κ2) is 7.38. The molecule has 0 aliphatic carbocycles. The Hall–Kier alpha value is -1.43. The van der Waals surface area contributed by atoms with Gasteiger partial charge in [-0.1, -0.05) is 6.07 Å². The third-order valence-electron chi connectivity index (χ3n) is 3.42. The number of carbonyl (C=O) groups is 1. The summed E-state index contributed by atoms with van der Waals surface area (Å²) >= 11 is 0. The van der Waals surface area contributed by atoms with Crippen molar-refractivity contribution in [2.45, 2.75) is 19.5 Å². The number of ether oxygens (including phenoxy) is 2. The summed E-state index contributed by atoms with van der Waals surface area (Å²) in [5.74, 6) is -0.0129. The van der Waals surface area contributed by atoms with Gasteiger partial charge in [-0.25, -0.2) is 0 Å². The van der Waals surface area contributed by atoms with Gasteiger partial charge in [-0.15, -0.1) is 0 Å². The molecule has 0 spiro atoms. The minimum Gasteiger partial charge on any atom is -0.384 e. The maximum atomic E-state index is 11.7. The Morgan fingerprint density at radius 2 is 1.95 bits per heavy atom. The maximum absolute atomic E-state index is 11.7. The summed E-state index contributed by atoms with van der Waals surface area (Å²) in [6, 6.07) is 6.12. The largest absolute Gasteiger partial charge is 0.384 e. The van der Waals surface area contributed by atoms with Gasteiger partial charge in [-0.3, -0.25) is 9.69 Å². The van der Waals surface area contributed by atoms with E-state index in [1.54, 1.807) is 14.2 Å². The quantitative estimate of drug-likeness (QED) is 0.823. The van der Waals surface area contributed by atoms with E-state index >= 15 is 0 Å². The molecule has 1 N–H and O–H groups in total. The standard InChI is InChI=1S/C15H22N2O3/c1-19-7-5-15(18)16-14-4-3-12-10-17(6-8-20-2)11-13(12)9-14/h3-4,9H,5-8,10-11H2,1-2H3,(H,16,18). The lowest BCUT2D eigenvalue weighted by atomic mass is 10.1. The fourth-order valence-electron chi connectivity index (χ4n) is 2.34. The highest BCUT2D eigenvalue weighted by molar-refractivity contribution is 5.90. The molecule has 0 saturated carbocycles. The highest BCUT2D eigenvalue weighted by Gasteiger charge is 2.18. The molecule has 0 fully saturated rings. The molecule has 110 valence electrons. The summed E-state index contributed by atoms with van der Waals surface area (Å²) in [7, 11) is 3.31. The smallest absolute Gasteiger partial charge is 0.226 e. The molecule has 20 heavy (non-hydrogen) atoms. The average Bonchev–Trinajstić information content (AvgIpc) is 2.85. The van der Waals surface area contributed by atoms with Crippen molar-refractivity contribution in [2.75, 3.05) is 39.3 Å². The van der Waals surface area contributed by atoms with Crippen LogP contribution in [0, 0.1) is 0 Å². The van der Waals surface area contributed by atoms with Gasteiger partial charge in [0.15, 0.2) is 0 Å². The van der Waals surface area contributed by atoms with E-state index in [0.717, 1.165) is 31.9 Å². The summed E-state index contributed by atoms with van der Waals surface area (Å²) in [6.45, 7) is 3.99. The molecule has 0 atom stereocenters. The predicted octanol–water partition coefficient (Wildman–Crippen LogP) is 1.62. The molecule has 1 aliphatic rings. The third-order valence-corrected chi connectivity index (χ3v) is 3.42. The number of fused-ring (bicyclic) bond motifs is 1. The molecular weight excluding hydrogens is 256 g/mol. The Balaban J connectivity index is 1.91. The number of rotatable bonds is 7. The maximum Gasteiger partial charge on any atom is 0.226 e. The van der Waals surface area contributed by atoms with Gasteiger partial charge in [-0.2, -0.15) is 0 Å². The minimum absolute atomic E-state index is 0.0129. The molecule has 1 heterocycles. The van der Waals surface area contributed by atoms with Gasteiger partial charge in [0.25, 0.3) is 0 Å². The van der Waals surface area contributed by atoms with Crippen molar-refractivity contribution < 1.29 is 14.3 Å². The van der Waals surface area contributed by atoms with Crippen LogP contribution in [0.1, 0.15) is 17.5 Å². The Kier molecular flexibility index (Phi) is 5.52. The van der Waals surface area contributed by atoms with E-state index in [4.69, 9.17) is 9.47 Å². The number of hydrogen-bond donors (Lipinski definition) is 1. The molecule has 0 unspecified atom stereocenters. The van der Waals surface area contributed by atoms with Crippen LogP contribution in [0.2, 0.25) is 0 Å². The van der Waals surface area contributed by atoms with Crippen molar-refractivity contribution in [2.24, 2.45) is 0 Å². The zero-order valence-electron chi connectivity index (χ0n) is 12.1. The number of nitrogens with one attached hydrogen (secondary N) is 1. The van der Waals surface area contributed by atoms with Crippen LogP contribution in [0.25, 0.3) is 0 Å². The number of carbonyl (C=O) groups excluding carboxylic acids is 1. The number of hydrogen-bond acceptors (Lipinski definition) is 4. The van der Waals surface area contributed by atoms with E-state index in [1.165, 1.54) is 11.1 Å². The van der Waals surface area contributed by atoms with Crippen molar-refractivity contribution in [1.29, 1.82) is 0 Å². The van der Waals surface area contributed by atoms with Crippen LogP contribution in [0.3, 0.4) is 0 Å². The Bertz CT molecular complexity index is 462. The summed E-state index contributed by atoms with van der Waals surface area (Å²) in [4.78, 5) is 14.0. The van der Waals surface area contributed by atoms with Gasteiger partial charge in [0.2, 0.25) is 5.91 Å². The first-order valence-corrected chi connectivity index (χ1v) is 6.85. The number of benzene rings is 1. The molecule has 5 heteroatoms.